The van der Waals surface area contributed by atoms with E-state index in [-0.39, 0.29) is 30.7 Å². The molecule has 0 spiro atoms. The number of halogens is 2. The highest BCUT2D eigenvalue weighted by atomic mass is 35.5. The van der Waals surface area contributed by atoms with Crippen molar-refractivity contribution in [2.45, 2.75) is 38.0 Å². The van der Waals surface area contributed by atoms with Crippen LogP contribution in [0.4, 0.5) is 0 Å². The van der Waals surface area contributed by atoms with E-state index < -0.39 is 12.2 Å². The summed E-state index contributed by atoms with van der Waals surface area (Å²) in [6, 6.07) is 10.1. The van der Waals surface area contributed by atoms with Crippen LogP contribution in [-0.4, -0.2) is 46.1 Å². The second-order valence-corrected chi connectivity index (χ2v) is 9.59. The normalized spacial score (nSPS) is 20.8. The molecule has 2 aromatic carbocycles. The Kier molecular flexibility index (Phi) is 6.84. The van der Waals surface area contributed by atoms with Gasteiger partial charge in [0.2, 0.25) is 11.8 Å². The molecular weight excluding hydrogens is 495 g/mol. The van der Waals surface area contributed by atoms with Crippen molar-refractivity contribution in [2.75, 3.05) is 13.1 Å². The molecule has 0 radical (unpaired) electrons. The lowest BCUT2D eigenvalue weighted by Gasteiger charge is -2.34. The van der Waals surface area contributed by atoms with E-state index in [1.807, 2.05) is 0 Å². The number of carbonyl (C=O) groups is 2. The summed E-state index contributed by atoms with van der Waals surface area (Å²) in [5, 5.41) is 16.1. The Morgan fingerprint density at radius 3 is 2.63 bits per heavy atom. The molecule has 35 heavy (non-hydrogen) atoms. The lowest BCUT2D eigenvalue weighted by atomic mass is 9.96. The quantitative estimate of drug-likeness (QED) is 0.473. The molecule has 184 valence electrons. The van der Waals surface area contributed by atoms with E-state index in [1.54, 1.807) is 41.4 Å². The van der Waals surface area contributed by atoms with Crippen molar-refractivity contribution in [1.82, 2.24) is 20.7 Å². The van der Waals surface area contributed by atoms with Crippen LogP contribution in [0.2, 0.25) is 10.0 Å². The van der Waals surface area contributed by atoms with Gasteiger partial charge in [-0.3, -0.25) is 15.0 Å². The molecule has 3 aromatic rings. The number of hydrogen-bond acceptors (Lipinski definition) is 7. The van der Waals surface area contributed by atoms with E-state index in [9.17, 15) is 14.7 Å². The van der Waals surface area contributed by atoms with Crippen LogP contribution in [0.15, 0.2) is 40.8 Å². The standard InChI is InChI=1S/C24H24Cl2N4O5/c25-14-1-3-19-16(9-14)18(31)11-21(34-19)24(33)29-30-7-5-13(6-8-30)23(32)27-12-22-28-17-10-15(26)2-4-20(17)35-22/h1-4,9-10,13,18,21,31H,5-8,11-12H2,(H,27,32)(H,29,33)/t18-,21-/m1/s1. The summed E-state index contributed by atoms with van der Waals surface area (Å²) < 4.78 is 11.4. The molecule has 2 aliphatic rings. The fourth-order valence-electron chi connectivity index (χ4n) is 4.39. The van der Waals surface area contributed by atoms with Gasteiger partial charge in [0.25, 0.3) is 5.91 Å². The predicted molar refractivity (Wildman–Crippen MR) is 129 cm³/mol. The molecule has 2 atom stereocenters. The van der Waals surface area contributed by atoms with Crippen LogP contribution in [0, 0.1) is 5.92 Å². The van der Waals surface area contributed by atoms with Gasteiger partial charge in [0.15, 0.2) is 11.7 Å². The number of amides is 2. The molecular formula is C24H24Cl2N4O5. The van der Waals surface area contributed by atoms with Gasteiger partial charge in [-0.2, -0.15) is 0 Å². The number of benzene rings is 2. The summed E-state index contributed by atoms with van der Waals surface area (Å²) in [6.45, 7) is 1.23. The molecule has 2 amide bonds. The molecule has 0 saturated carbocycles. The molecule has 5 rings (SSSR count). The number of oxazole rings is 1. The van der Waals surface area contributed by atoms with Crippen molar-refractivity contribution in [2.24, 2.45) is 5.92 Å². The zero-order valence-electron chi connectivity index (χ0n) is 18.7. The summed E-state index contributed by atoms with van der Waals surface area (Å²) in [7, 11) is 0. The van der Waals surface area contributed by atoms with Gasteiger partial charge in [0.1, 0.15) is 11.3 Å². The van der Waals surface area contributed by atoms with Crippen molar-refractivity contribution in [3.8, 4) is 5.75 Å². The van der Waals surface area contributed by atoms with E-state index in [1.165, 1.54) is 0 Å². The van der Waals surface area contributed by atoms with Gasteiger partial charge in [0.05, 0.1) is 12.6 Å². The number of fused-ring (bicyclic) bond motifs is 2. The van der Waals surface area contributed by atoms with Gasteiger partial charge in [-0.05, 0) is 49.2 Å². The molecule has 1 saturated heterocycles. The average molecular weight is 519 g/mol. The largest absolute Gasteiger partial charge is 0.480 e. The van der Waals surface area contributed by atoms with Gasteiger partial charge >= 0.3 is 0 Å². The number of aliphatic hydroxyl groups is 1. The van der Waals surface area contributed by atoms with Gasteiger partial charge in [-0.1, -0.05) is 23.2 Å². The summed E-state index contributed by atoms with van der Waals surface area (Å²) in [5.41, 5.74) is 4.69. The molecule has 11 heteroatoms. The van der Waals surface area contributed by atoms with Gasteiger partial charge in [-0.25, -0.2) is 9.99 Å². The third-order valence-electron chi connectivity index (χ3n) is 6.27. The Balaban J connectivity index is 1.09. The maximum Gasteiger partial charge on any atom is 0.275 e. The highest BCUT2D eigenvalue weighted by Gasteiger charge is 2.34. The van der Waals surface area contributed by atoms with E-state index in [0.717, 1.165) is 0 Å². The molecule has 2 aliphatic heterocycles. The second kappa shape index (κ2) is 10.0. The van der Waals surface area contributed by atoms with Crippen molar-refractivity contribution < 1.29 is 23.8 Å². The Bertz CT molecular complexity index is 1260. The Morgan fingerprint density at radius 2 is 1.83 bits per heavy atom. The van der Waals surface area contributed by atoms with Crippen molar-refractivity contribution >= 4 is 46.1 Å². The first kappa shape index (κ1) is 23.9. The van der Waals surface area contributed by atoms with Gasteiger partial charge in [0, 0.05) is 41.0 Å². The van der Waals surface area contributed by atoms with Crippen LogP contribution < -0.4 is 15.5 Å². The first-order valence-electron chi connectivity index (χ1n) is 11.4. The number of nitrogens with zero attached hydrogens (tertiary/aromatic N) is 2. The maximum atomic E-state index is 12.7. The summed E-state index contributed by atoms with van der Waals surface area (Å²) in [6.07, 6.45) is -0.331. The smallest absolute Gasteiger partial charge is 0.275 e. The van der Waals surface area contributed by atoms with E-state index >= 15 is 0 Å². The Labute approximate surface area is 211 Å². The fourth-order valence-corrected chi connectivity index (χ4v) is 4.74. The number of aromatic nitrogens is 1. The predicted octanol–water partition coefficient (Wildman–Crippen LogP) is 3.38. The Morgan fingerprint density at radius 1 is 1.09 bits per heavy atom. The maximum absolute atomic E-state index is 12.7. The molecule has 1 fully saturated rings. The van der Waals surface area contributed by atoms with E-state index in [2.05, 4.69) is 15.7 Å². The summed E-state index contributed by atoms with van der Waals surface area (Å²) in [5.74, 6) is 0.282. The number of nitrogens with one attached hydrogen (secondary N) is 2. The number of piperidine rings is 1. The van der Waals surface area contributed by atoms with Crippen molar-refractivity contribution in [1.29, 1.82) is 0 Å². The second-order valence-electron chi connectivity index (χ2n) is 8.71. The minimum absolute atomic E-state index is 0.0785. The minimum Gasteiger partial charge on any atom is -0.480 e. The van der Waals surface area contributed by atoms with Crippen LogP contribution in [-0.2, 0) is 16.1 Å². The third-order valence-corrected chi connectivity index (χ3v) is 6.74. The molecule has 3 heterocycles. The topological polar surface area (TPSA) is 117 Å². The molecule has 0 unspecified atom stereocenters. The summed E-state index contributed by atoms with van der Waals surface area (Å²) >= 11 is 12.0. The third kappa shape index (κ3) is 5.38. The molecule has 0 bridgehead atoms. The highest BCUT2D eigenvalue weighted by molar-refractivity contribution is 6.31. The molecule has 9 nitrogen and oxygen atoms in total. The summed E-state index contributed by atoms with van der Waals surface area (Å²) in [4.78, 5) is 29.7. The molecule has 0 aliphatic carbocycles. The van der Waals surface area contributed by atoms with Crippen LogP contribution in [0.1, 0.15) is 36.8 Å². The van der Waals surface area contributed by atoms with Crippen LogP contribution in [0.25, 0.3) is 11.1 Å². The van der Waals surface area contributed by atoms with Crippen LogP contribution in [0.3, 0.4) is 0 Å². The monoisotopic (exact) mass is 518 g/mol. The number of aliphatic hydroxyl groups excluding tert-OH is 1. The first-order valence-corrected chi connectivity index (χ1v) is 12.1. The zero-order valence-corrected chi connectivity index (χ0v) is 20.2. The lowest BCUT2D eigenvalue weighted by molar-refractivity contribution is -0.136. The van der Waals surface area contributed by atoms with Gasteiger partial charge < -0.3 is 19.6 Å². The van der Waals surface area contributed by atoms with Gasteiger partial charge in [-0.15, -0.1) is 0 Å². The minimum atomic E-state index is -0.833. The van der Waals surface area contributed by atoms with E-state index in [0.29, 0.717) is 64.3 Å². The SMILES string of the molecule is O=C(NCc1nc2cc(Cl)ccc2o1)C1CCN(NC(=O)[C@H]2C[C@@H](O)c3cc(Cl)ccc3O2)CC1. The zero-order chi connectivity index (χ0) is 24.5. The number of rotatable bonds is 5. The molecule has 3 N–H and O–H groups in total. The highest BCUT2D eigenvalue weighted by Crippen LogP contribution is 2.36. The number of hydrogen-bond donors (Lipinski definition) is 3. The van der Waals surface area contributed by atoms with Crippen LogP contribution >= 0.6 is 23.2 Å². The van der Waals surface area contributed by atoms with Crippen LogP contribution in [0.5, 0.6) is 5.75 Å². The first-order chi connectivity index (χ1) is 16.9. The number of hydrazine groups is 1. The fraction of sp³-hybridized carbons (Fsp3) is 0.375. The molecule has 1 aromatic heterocycles. The lowest BCUT2D eigenvalue weighted by Crippen LogP contribution is -2.53. The van der Waals surface area contributed by atoms with Crippen molar-refractivity contribution in [3.05, 3.63) is 57.9 Å². The number of ether oxygens (including phenoxy) is 1. The Hall–Kier alpha value is -2.85. The van der Waals surface area contributed by atoms with Crippen molar-refractivity contribution in [3.63, 3.8) is 0 Å². The number of carbonyl (C=O) groups excluding carboxylic acids is 2. The van der Waals surface area contributed by atoms with E-state index in [4.69, 9.17) is 32.4 Å². The average Bonchev–Trinajstić information content (AvgIpc) is 3.25.